The average molecular weight is 404 g/mol. The maximum absolute atomic E-state index is 13.0. The summed E-state index contributed by atoms with van der Waals surface area (Å²) in [6.07, 6.45) is 7.59. The maximum Gasteiger partial charge on any atom is 0.220 e. The van der Waals surface area contributed by atoms with Crippen LogP contribution in [0.2, 0.25) is 0 Å². The van der Waals surface area contributed by atoms with E-state index in [2.05, 4.69) is 15.3 Å². The topological polar surface area (TPSA) is 73.0 Å². The van der Waals surface area contributed by atoms with Gasteiger partial charge in [0.05, 0.1) is 18.6 Å². The lowest BCUT2D eigenvalue weighted by atomic mass is 10.1. The van der Waals surface area contributed by atoms with Crippen molar-refractivity contribution in [2.45, 2.75) is 25.8 Å². The van der Waals surface area contributed by atoms with Crippen LogP contribution in [0.1, 0.15) is 30.8 Å². The summed E-state index contributed by atoms with van der Waals surface area (Å²) < 4.78 is 20.6. The van der Waals surface area contributed by atoms with E-state index in [1.807, 2.05) is 42.0 Å². The number of nitrogens with one attached hydrogen (secondary N) is 1. The van der Waals surface area contributed by atoms with Gasteiger partial charge in [0.2, 0.25) is 5.91 Å². The lowest BCUT2D eigenvalue weighted by Crippen LogP contribution is -2.26. The van der Waals surface area contributed by atoms with Gasteiger partial charge in [-0.3, -0.25) is 4.79 Å². The molecule has 0 aliphatic rings. The zero-order chi connectivity index (χ0) is 20.9. The van der Waals surface area contributed by atoms with Crippen LogP contribution >= 0.6 is 0 Å². The highest BCUT2D eigenvalue weighted by Crippen LogP contribution is 2.21. The van der Waals surface area contributed by atoms with Gasteiger partial charge >= 0.3 is 0 Å². The number of aromatic nitrogens is 3. The Balaban J connectivity index is 1.30. The van der Waals surface area contributed by atoms with Gasteiger partial charge in [0, 0.05) is 36.5 Å². The van der Waals surface area contributed by atoms with Crippen LogP contribution in [0.4, 0.5) is 4.39 Å². The summed E-state index contributed by atoms with van der Waals surface area (Å²) in [5.74, 6) is 0.641. The molecular weight excluding hydrogens is 383 g/mol. The monoisotopic (exact) mass is 404 g/mol. The number of nitrogens with zero attached hydrogens (tertiary/aromatic N) is 3. The molecule has 30 heavy (non-hydrogen) atoms. The first kappa shape index (κ1) is 19.6. The quantitative estimate of drug-likeness (QED) is 0.493. The summed E-state index contributed by atoms with van der Waals surface area (Å²) >= 11 is 0. The predicted molar refractivity (Wildman–Crippen MR) is 110 cm³/mol. The van der Waals surface area contributed by atoms with Gasteiger partial charge in [-0.1, -0.05) is 12.1 Å². The lowest BCUT2D eigenvalue weighted by molar-refractivity contribution is -0.121. The fourth-order valence-corrected chi connectivity index (χ4v) is 3.14. The fraction of sp³-hybridized carbons (Fsp3) is 0.174. The molecule has 0 bridgehead atoms. The van der Waals surface area contributed by atoms with Crippen LogP contribution in [0.5, 0.6) is 0 Å². The highest BCUT2D eigenvalue weighted by molar-refractivity contribution is 5.76. The number of halogens is 1. The molecule has 4 rings (SSSR count). The van der Waals surface area contributed by atoms with Crippen molar-refractivity contribution in [1.82, 2.24) is 19.9 Å². The molecule has 2 aromatic heterocycles. The first-order valence-electron chi connectivity index (χ1n) is 9.67. The Bertz CT molecular complexity index is 1100. The predicted octanol–water partition coefficient (Wildman–Crippen LogP) is 4.48. The maximum atomic E-state index is 13.0. The minimum Gasteiger partial charge on any atom is -0.441 e. The number of carbonyl (C=O) groups is 1. The van der Waals surface area contributed by atoms with Crippen LogP contribution in [-0.2, 0) is 11.2 Å². The summed E-state index contributed by atoms with van der Waals surface area (Å²) in [6, 6.07) is 13.8. The molecule has 6 nitrogen and oxygen atoms in total. The van der Waals surface area contributed by atoms with Crippen LogP contribution in [0.15, 0.2) is 77.9 Å². The van der Waals surface area contributed by atoms with Crippen LogP contribution < -0.4 is 5.32 Å². The first-order valence-corrected chi connectivity index (χ1v) is 9.67. The molecule has 2 heterocycles. The summed E-state index contributed by atoms with van der Waals surface area (Å²) in [5.41, 5.74) is 2.77. The Morgan fingerprint density at radius 3 is 2.63 bits per heavy atom. The summed E-state index contributed by atoms with van der Waals surface area (Å²) in [7, 11) is 0. The Morgan fingerprint density at radius 2 is 1.93 bits per heavy atom. The number of aryl methyl sites for hydroxylation is 1. The Morgan fingerprint density at radius 1 is 1.17 bits per heavy atom. The number of benzene rings is 2. The van der Waals surface area contributed by atoms with E-state index in [0.717, 1.165) is 16.8 Å². The van der Waals surface area contributed by atoms with E-state index < -0.39 is 0 Å². The van der Waals surface area contributed by atoms with E-state index in [-0.39, 0.29) is 24.2 Å². The van der Waals surface area contributed by atoms with E-state index in [1.54, 1.807) is 30.9 Å². The Hall–Kier alpha value is -3.74. The number of imidazole rings is 1. The van der Waals surface area contributed by atoms with Crippen molar-refractivity contribution >= 4 is 5.91 Å². The molecule has 1 amide bonds. The summed E-state index contributed by atoms with van der Waals surface area (Å²) in [5, 5.41) is 3.00. The Kier molecular flexibility index (Phi) is 5.70. The highest BCUT2D eigenvalue weighted by Gasteiger charge is 2.12. The number of hydrogen-bond acceptors (Lipinski definition) is 4. The molecule has 0 aliphatic carbocycles. The van der Waals surface area contributed by atoms with Gasteiger partial charge in [0.15, 0.2) is 11.7 Å². The minimum absolute atomic E-state index is 0.0808. The van der Waals surface area contributed by atoms with E-state index in [1.165, 1.54) is 12.1 Å². The van der Waals surface area contributed by atoms with Crippen LogP contribution in [0, 0.1) is 5.82 Å². The Labute approximate surface area is 173 Å². The van der Waals surface area contributed by atoms with Gasteiger partial charge in [0.1, 0.15) is 5.82 Å². The van der Waals surface area contributed by atoms with Crippen LogP contribution in [0.3, 0.4) is 0 Å². The molecule has 152 valence electrons. The third-order valence-electron chi connectivity index (χ3n) is 4.82. The second-order valence-corrected chi connectivity index (χ2v) is 6.98. The molecule has 1 N–H and O–H groups in total. The lowest BCUT2D eigenvalue weighted by Gasteiger charge is -2.15. The van der Waals surface area contributed by atoms with Gasteiger partial charge in [0.25, 0.3) is 0 Å². The van der Waals surface area contributed by atoms with Crippen molar-refractivity contribution in [3.05, 3.63) is 90.7 Å². The van der Waals surface area contributed by atoms with Gasteiger partial charge in [-0.15, -0.1) is 0 Å². The van der Waals surface area contributed by atoms with E-state index in [9.17, 15) is 9.18 Å². The van der Waals surface area contributed by atoms with Gasteiger partial charge in [-0.05, 0) is 48.9 Å². The zero-order valence-electron chi connectivity index (χ0n) is 16.5. The molecule has 0 fully saturated rings. The van der Waals surface area contributed by atoms with Crippen LogP contribution in [-0.4, -0.2) is 20.4 Å². The van der Waals surface area contributed by atoms with Crippen molar-refractivity contribution in [2.75, 3.05) is 0 Å². The smallest absolute Gasteiger partial charge is 0.220 e. The van der Waals surface area contributed by atoms with Gasteiger partial charge in [-0.2, -0.15) is 0 Å². The zero-order valence-corrected chi connectivity index (χ0v) is 16.5. The SMILES string of the molecule is C[C@H](NC(=O)CCc1ncc(-c2ccc(F)cc2)o1)c1ccc(-n2ccnc2)cc1. The molecule has 0 unspecified atom stereocenters. The molecule has 0 saturated carbocycles. The molecule has 7 heteroatoms. The number of carbonyl (C=O) groups excluding carboxylic acids is 1. The number of oxazole rings is 1. The fourth-order valence-electron chi connectivity index (χ4n) is 3.14. The number of rotatable bonds is 7. The van der Waals surface area contributed by atoms with E-state index in [4.69, 9.17) is 4.42 Å². The second-order valence-electron chi connectivity index (χ2n) is 6.98. The molecule has 0 radical (unpaired) electrons. The van der Waals surface area contributed by atoms with Crippen molar-refractivity contribution in [2.24, 2.45) is 0 Å². The molecular formula is C23H21FN4O2. The summed E-state index contributed by atoms with van der Waals surface area (Å²) in [4.78, 5) is 20.6. The third kappa shape index (κ3) is 4.63. The molecule has 1 atom stereocenters. The molecule has 4 aromatic rings. The van der Waals surface area contributed by atoms with Crippen LogP contribution in [0.25, 0.3) is 17.0 Å². The van der Waals surface area contributed by atoms with E-state index in [0.29, 0.717) is 18.1 Å². The normalized spacial score (nSPS) is 11.9. The van der Waals surface area contributed by atoms with Crippen molar-refractivity contribution in [3.63, 3.8) is 0 Å². The third-order valence-corrected chi connectivity index (χ3v) is 4.82. The molecule has 2 aromatic carbocycles. The summed E-state index contributed by atoms with van der Waals surface area (Å²) in [6.45, 7) is 1.95. The number of amides is 1. The largest absolute Gasteiger partial charge is 0.441 e. The van der Waals surface area contributed by atoms with Crippen molar-refractivity contribution in [1.29, 1.82) is 0 Å². The van der Waals surface area contributed by atoms with Gasteiger partial charge < -0.3 is 14.3 Å². The highest BCUT2D eigenvalue weighted by atomic mass is 19.1. The van der Waals surface area contributed by atoms with Crippen molar-refractivity contribution in [3.8, 4) is 17.0 Å². The molecule has 0 aliphatic heterocycles. The molecule has 0 spiro atoms. The van der Waals surface area contributed by atoms with Gasteiger partial charge in [-0.25, -0.2) is 14.4 Å². The standard InChI is InChI=1S/C23H21FN4O2/c1-16(17-4-8-20(9-5-17)28-13-12-25-15-28)27-22(29)10-11-23-26-14-21(30-23)18-2-6-19(24)7-3-18/h2-9,12-16H,10-11H2,1H3,(H,27,29)/t16-/m0/s1. The molecule has 0 saturated heterocycles. The number of hydrogen-bond donors (Lipinski definition) is 1. The van der Waals surface area contributed by atoms with Crippen molar-refractivity contribution < 1.29 is 13.6 Å². The minimum atomic E-state index is -0.305. The average Bonchev–Trinajstić information content (AvgIpc) is 3.45. The first-order chi connectivity index (χ1) is 14.6. The second kappa shape index (κ2) is 8.73. The van der Waals surface area contributed by atoms with E-state index >= 15 is 0 Å².